The summed E-state index contributed by atoms with van der Waals surface area (Å²) >= 11 is 1.49. The molecule has 2 atom stereocenters. The normalized spacial score (nSPS) is 19.1. The number of amides is 1. The first-order chi connectivity index (χ1) is 10.8. The number of rotatable bonds is 5. The second-order valence-electron chi connectivity index (χ2n) is 5.48. The van der Waals surface area contributed by atoms with E-state index in [2.05, 4.69) is 11.9 Å². The minimum absolute atomic E-state index is 0.0557. The summed E-state index contributed by atoms with van der Waals surface area (Å²) in [5, 5.41) is 2.59. The third kappa shape index (κ3) is 3.30. The van der Waals surface area contributed by atoms with Crippen molar-refractivity contribution in [3.05, 3.63) is 47.5 Å². The lowest BCUT2D eigenvalue weighted by molar-refractivity contribution is -0.132. The van der Waals surface area contributed by atoms with Crippen LogP contribution >= 0.6 is 11.3 Å². The van der Waals surface area contributed by atoms with E-state index >= 15 is 0 Å². The zero-order valence-corrected chi connectivity index (χ0v) is 13.5. The van der Waals surface area contributed by atoms with Gasteiger partial charge in [-0.2, -0.15) is 0 Å². The molecule has 0 bridgehead atoms. The van der Waals surface area contributed by atoms with Gasteiger partial charge in [-0.1, -0.05) is 48.6 Å². The van der Waals surface area contributed by atoms with Crippen LogP contribution in [-0.4, -0.2) is 35.0 Å². The minimum Gasteiger partial charge on any atom is -0.465 e. The van der Waals surface area contributed by atoms with Crippen molar-refractivity contribution < 1.29 is 9.53 Å². The van der Waals surface area contributed by atoms with Crippen molar-refractivity contribution in [1.29, 1.82) is 0 Å². The van der Waals surface area contributed by atoms with E-state index in [1.54, 1.807) is 6.20 Å². The second-order valence-corrected chi connectivity index (χ2v) is 6.34. The Morgan fingerprint density at radius 3 is 2.95 bits per heavy atom. The van der Waals surface area contributed by atoms with Gasteiger partial charge < -0.3 is 9.64 Å². The maximum atomic E-state index is 12.8. The third-order valence-electron chi connectivity index (χ3n) is 4.04. The summed E-state index contributed by atoms with van der Waals surface area (Å²) in [6, 6.07) is 10.0. The minimum atomic E-state index is -0.0557. The lowest BCUT2D eigenvalue weighted by Crippen LogP contribution is -2.34. The molecule has 1 amide bonds. The average Bonchev–Trinajstić information content (AvgIpc) is 3.21. The highest BCUT2D eigenvalue weighted by Gasteiger charge is 2.32. The molecule has 1 aliphatic rings. The largest absolute Gasteiger partial charge is 0.465 e. The molecule has 4 nitrogen and oxygen atoms in total. The summed E-state index contributed by atoms with van der Waals surface area (Å²) in [5.41, 5.74) is 1.10. The molecule has 0 aliphatic carbocycles. The third-order valence-corrected chi connectivity index (χ3v) is 4.70. The summed E-state index contributed by atoms with van der Waals surface area (Å²) in [6.45, 7) is 3.48. The van der Waals surface area contributed by atoms with Crippen LogP contribution in [0.5, 0.6) is 5.19 Å². The molecule has 0 unspecified atom stereocenters. The van der Waals surface area contributed by atoms with Crippen LogP contribution in [0.15, 0.2) is 41.9 Å². The average molecular weight is 316 g/mol. The molecular weight excluding hydrogens is 296 g/mol. The highest BCUT2D eigenvalue weighted by Crippen LogP contribution is 2.26. The quantitative estimate of drug-likeness (QED) is 0.850. The first kappa shape index (κ1) is 15.0. The second kappa shape index (κ2) is 6.92. The number of ether oxygens (including phenoxy) is 1. The van der Waals surface area contributed by atoms with Gasteiger partial charge in [-0.3, -0.25) is 4.79 Å². The highest BCUT2D eigenvalue weighted by molar-refractivity contribution is 7.11. The predicted molar refractivity (Wildman–Crippen MR) is 87.2 cm³/mol. The molecule has 1 aromatic heterocycles. The number of carbonyl (C=O) groups excluding carboxylic acids is 1. The van der Waals surface area contributed by atoms with Crippen LogP contribution in [0.4, 0.5) is 0 Å². The molecule has 1 fully saturated rings. The Labute approximate surface area is 134 Å². The van der Waals surface area contributed by atoms with Crippen molar-refractivity contribution in [2.24, 2.45) is 0 Å². The molecule has 3 rings (SSSR count). The van der Waals surface area contributed by atoms with Crippen LogP contribution < -0.4 is 4.74 Å². The van der Waals surface area contributed by atoms with Crippen molar-refractivity contribution >= 4 is 17.2 Å². The molecule has 0 radical (unpaired) electrons. The SMILES string of the molecule is CC[C@H](C(=O)N1CC[C@@H](Oc2nccs2)C1)c1ccccc1. The van der Waals surface area contributed by atoms with Crippen LogP contribution in [0.25, 0.3) is 0 Å². The summed E-state index contributed by atoms with van der Waals surface area (Å²) in [6.07, 6.45) is 3.48. The number of hydrogen-bond donors (Lipinski definition) is 0. The molecule has 1 saturated heterocycles. The van der Waals surface area contributed by atoms with Gasteiger partial charge in [0.15, 0.2) is 0 Å². The Morgan fingerprint density at radius 1 is 1.45 bits per heavy atom. The van der Waals surface area contributed by atoms with Gasteiger partial charge in [-0.15, -0.1) is 0 Å². The van der Waals surface area contributed by atoms with Gasteiger partial charge in [0.2, 0.25) is 5.91 Å². The van der Waals surface area contributed by atoms with Crippen LogP contribution in [0, 0.1) is 0 Å². The van der Waals surface area contributed by atoms with Gasteiger partial charge in [-0.25, -0.2) is 4.98 Å². The number of benzene rings is 1. The summed E-state index contributed by atoms with van der Waals surface area (Å²) < 4.78 is 5.83. The molecule has 1 aliphatic heterocycles. The zero-order valence-electron chi connectivity index (χ0n) is 12.6. The summed E-state index contributed by atoms with van der Waals surface area (Å²) in [5.74, 6) is 0.152. The molecule has 2 heterocycles. The molecule has 2 aromatic rings. The van der Waals surface area contributed by atoms with Gasteiger partial charge in [-0.05, 0) is 12.0 Å². The first-order valence-electron chi connectivity index (χ1n) is 7.67. The monoisotopic (exact) mass is 316 g/mol. The molecule has 0 saturated carbocycles. The van der Waals surface area contributed by atoms with Gasteiger partial charge in [0.25, 0.3) is 5.19 Å². The Balaban J connectivity index is 1.63. The Hall–Kier alpha value is -1.88. The number of likely N-dealkylation sites (tertiary alicyclic amines) is 1. The molecule has 22 heavy (non-hydrogen) atoms. The van der Waals surface area contributed by atoms with Gasteiger partial charge in [0.1, 0.15) is 6.10 Å². The predicted octanol–water partition coefficient (Wildman–Crippen LogP) is 3.32. The molecule has 116 valence electrons. The lowest BCUT2D eigenvalue weighted by Gasteiger charge is -2.23. The van der Waals surface area contributed by atoms with Crippen molar-refractivity contribution in [2.45, 2.75) is 31.8 Å². The maximum Gasteiger partial charge on any atom is 0.273 e. The summed E-state index contributed by atoms with van der Waals surface area (Å²) in [4.78, 5) is 18.9. The molecule has 5 heteroatoms. The number of thiazole rings is 1. The smallest absolute Gasteiger partial charge is 0.273 e. The fourth-order valence-corrected chi connectivity index (χ4v) is 3.45. The maximum absolute atomic E-state index is 12.8. The fraction of sp³-hybridized carbons (Fsp3) is 0.412. The molecule has 0 N–H and O–H groups in total. The lowest BCUT2D eigenvalue weighted by atomic mass is 9.95. The van der Waals surface area contributed by atoms with Crippen molar-refractivity contribution in [1.82, 2.24) is 9.88 Å². The van der Waals surface area contributed by atoms with E-state index in [0.29, 0.717) is 11.7 Å². The van der Waals surface area contributed by atoms with E-state index in [1.165, 1.54) is 11.3 Å². The Morgan fingerprint density at radius 2 is 2.27 bits per heavy atom. The van der Waals surface area contributed by atoms with E-state index < -0.39 is 0 Å². The molecular formula is C17H20N2O2S. The number of aromatic nitrogens is 1. The Kier molecular flexibility index (Phi) is 4.73. The van der Waals surface area contributed by atoms with Crippen molar-refractivity contribution in [3.63, 3.8) is 0 Å². The Bertz CT molecular complexity index is 600. The molecule has 0 spiro atoms. The number of hydrogen-bond acceptors (Lipinski definition) is 4. The molecule has 1 aromatic carbocycles. The van der Waals surface area contributed by atoms with Crippen LogP contribution in [-0.2, 0) is 4.79 Å². The van der Waals surface area contributed by atoms with E-state index in [4.69, 9.17) is 4.74 Å². The van der Waals surface area contributed by atoms with E-state index in [1.807, 2.05) is 40.6 Å². The number of carbonyl (C=O) groups is 1. The fourth-order valence-electron chi connectivity index (χ4n) is 2.89. The topological polar surface area (TPSA) is 42.4 Å². The van der Waals surface area contributed by atoms with Crippen LogP contribution in [0.2, 0.25) is 0 Å². The van der Waals surface area contributed by atoms with Gasteiger partial charge in [0, 0.05) is 24.5 Å². The summed E-state index contributed by atoms with van der Waals surface area (Å²) in [7, 11) is 0. The van der Waals surface area contributed by atoms with Crippen LogP contribution in [0.1, 0.15) is 31.2 Å². The first-order valence-corrected chi connectivity index (χ1v) is 8.55. The van der Waals surface area contributed by atoms with Gasteiger partial charge in [0.05, 0.1) is 12.5 Å². The van der Waals surface area contributed by atoms with Crippen molar-refractivity contribution in [2.75, 3.05) is 13.1 Å². The number of nitrogens with zero attached hydrogens (tertiary/aromatic N) is 2. The van der Waals surface area contributed by atoms with E-state index in [0.717, 1.165) is 24.9 Å². The van der Waals surface area contributed by atoms with Crippen LogP contribution in [0.3, 0.4) is 0 Å². The van der Waals surface area contributed by atoms with Gasteiger partial charge >= 0.3 is 0 Å². The van der Waals surface area contributed by atoms with Crippen molar-refractivity contribution in [3.8, 4) is 5.19 Å². The van der Waals surface area contributed by atoms with E-state index in [9.17, 15) is 4.79 Å². The zero-order chi connectivity index (χ0) is 15.4. The standard InChI is InChI=1S/C17H20N2O2S/c1-2-15(13-6-4-3-5-7-13)16(20)19-10-8-14(12-19)21-17-18-9-11-22-17/h3-7,9,11,14-15H,2,8,10,12H2,1H3/t14-,15+/m1/s1. The highest BCUT2D eigenvalue weighted by atomic mass is 32.1. The van der Waals surface area contributed by atoms with E-state index in [-0.39, 0.29) is 17.9 Å².